The molecule has 0 aliphatic heterocycles. The van der Waals surface area contributed by atoms with Crippen LogP contribution >= 0.6 is 11.6 Å². The van der Waals surface area contributed by atoms with Crippen LogP contribution in [0.15, 0.2) is 48.5 Å². The summed E-state index contributed by atoms with van der Waals surface area (Å²) in [6, 6.07) is 14.7. The Bertz CT molecular complexity index is 582. The van der Waals surface area contributed by atoms with E-state index in [0.29, 0.717) is 23.6 Å². The standard InChI is InChI=1S/C16H15ClO3/c1-19-16(18)13-8-7-12(15(17)11-13)9-10-20-14-5-3-2-4-6-14/h2-8,11H,9-10H2,1H3. The van der Waals surface area contributed by atoms with Crippen LogP contribution < -0.4 is 4.74 Å². The van der Waals surface area contributed by atoms with Gasteiger partial charge < -0.3 is 9.47 Å². The largest absolute Gasteiger partial charge is 0.493 e. The van der Waals surface area contributed by atoms with Crippen molar-refractivity contribution in [2.45, 2.75) is 6.42 Å². The first-order valence-electron chi connectivity index (χ1n) is 6.25. The van der Waals surface area contributed by atoms with Crippen LogP contribution in [0.25, 0.3) is 0 Å². The highest BCUT2D eigenvalue weighted by Gasteiger charge is 2.08. The Morgan fingerprint density at radius 1 is 1.15 bits per heavy atom. The summed E-state index contributed by atoms with van der Waals surface area (Å²) >= 11 is 6.15. The number of rotatable bonds is 5. The van der Waals surface area contributed by atoms with Crippen molar-refractivity contribution >= 4 is 17.6 Å². The lowest BCUT2D eigenvalue weighted by Crippen LogP contribution is -2.04. The van der Waals surface area contributed by atoms with Crippen molar-refractivity contribution in [3.05, 3.63) is 64.7 Å². The summed E-state index contributed by atoms with van der Waals surface area (Å²) in [6.07, 6.45) is 0.676. The molecule has 104 valence electrons. The van der Waals surface area contributed by atoms with Gasteiger partial charge >= 0.3 is 5.97 Å². The Morgan fingerprint density at radius 3 is 2.55 bits per heavy atom. The Morgan fingerprint density at radius 2 is 1.90 bits per heavy atom. The van der Waals surface area contributed by atoms with Crippen molar-refractivity contribution in [3.8, 4) is 5.75 Å². The van der Waals surface area contributed by atoms with Crippen LogP contribution in [0.5, 0.6) is 5.75 Å². The van der Waals surface area contributed by atoms with E-state index in [1.165, 1.54) is 7.11 Å². The van der Waals surface area contributed by atoms with Crippen molar-refractivity contribution < 1.29 is 14.3 Å². The monoisotopic (exact) mass is 290 g/mol. The third-order valence-electron chi connectivity index (χ3n) is 2.86. The molecule has 0 heterocycles. The first-order valence-corrected chi connectivity index (χ1v) is 6.63. The molecule has 2 aromatic rings. The molecule has 20 heavy (non-hydrogen) atoms. The number of halogens is 1. The molecule has 0 fully saturated rings. The molecule has 0 saturated carbocycles. The molecule has 0 unspecified atom stereocenters. The third kappa shape index (κ3) is 3.75. The molecule has 0 saturated heterocycles. The molecule has 2 aromatic carbocycles. The quantitative estimate of drug-likeness (QED) is 0.787. The van der Waals surface area contributed by atoms with E-state index < -0.39 is 0 Å². The van der Waals surface area contributed by atoms with Crippen LogP contribution in [0.2, 0.25) is 5.02 Å². The third-order valence-corrected chi connectivity index (χ3v) is 3.21. The molecule has 0 amide bonds. The summed E-state index contributed by atoms with van der Waals surface area (Å²) in [6.45, 7) is 0.529. The highest BCUT2D eigenvalue weighted by atomic mass is 35.5. The van der Waals surface area contributed by atoms with Gasteiger partial charge in [-0.15, -0.1) is 0 Å². The van der Waals surface area contributed by atoms with Gasteiger partial charge in [0.1, 0.15) is 5.75 Å². The predicted molar refractivity (Wildman–Crippen MR) is 78.4 cm³/mol. The van der Waals surface area contributed by atoms with E-state index in [1.807, 2.05) is 36.4 Å². The molecule has 3 nitrogen and oxygen atoms in total. The Balaban J connectivity index is 1.95. The van der Waals surface area contributed by atoms with E-state index in [4.69, 9.17) is 16.3 Å². The molecule has 0 aromatic heterocycles. The van der Waals surface area contributed by atoms with E-state index >= 15 is 0 Å². The number of para-hydroxylation sites is 1. The summed E-state index contributed by atoms with van der Waals surface area (Å²) in [7, 11) is 1.35. The molecule has 0 N–H and O–H groups in total. The fourth-order valence-corrected chi connectivity index (χ4v) is 2.07. The zero-order valence-electron chi connectivity index (χ0n) is 11.1. The molecule has 0 spiro atoms. The number of carbonyl (C=O) groups excluding carboxylic acids is 1. The Labute approximate surface area is 123 Å². The van der Waals surface area contributed by atoms with Gasteiger partial charge in [-0.2, -0.15) is 0 Å². The zero-order chi connectivity index (χ0) is 14.4. The minimum absolute atomic E-state index is 0.390. The molecule has 2 rings (SSSR count). The maximum atomic E-state index is 11.4. The van der Waals surface area contributed by atoms with Gasteiger partial charge in [0.2, 0.25) is 0 Å². The van der Waals surface area contributed by atoms with Gasteiger partial charge in [-0.1, -0.05) is 35.9 Å². The van der Waals surface area contributed by atoms with Gasteiger partial charge in [-0.05, 0) is 29.8 Å². The minimum Gasteiger partial charge on any atom is -0.493 e. The highest BCUT2D eigenvalue weighted by molar-refractivity contribution is 6.31. The van der Waals surface area contributed by atoms with E-state index in [-0.39, 0.29) is 5.97 Å². The van der Waals surface area contributed by atoms with Crippen molar-refractivity contribution in [3.63, 3.8) is 0 Å². The second-order valence-corrected chi connectivity index (χ2v) is 4.62. The second kappa shape index (κ2) is 6.96. The minimum atomic E-state index is -0.390. The highest BCUT2D eigenvalue weighted by Crippen LogP contribution is 2.19. The van der Waals surface area contributed by atoms with Gasteiger partial charge in [-0.3, -0.25) is 0 Å². The fourth-order valence-electron chi connectivity index (χ4n) is 1.79. The smallest absolute Gasteiger partial charge is 0.337 e. The van der Waals surface area contributed by atoms with Crippen molar-refractivity contribution in [2.24, 2.45) is 0 Å². The van der Waals surface area contributed by atoms with Crippen LogP contribution in [0, 0.1) is 0 Å². The van der Waals surface area contributed by atoms with Gasteiger partial charge in [0.25, 0.3) is 0 Å². The second-order valence-electron chi connectivity index (χ2n) is 4.21. The van der Waals surface area contributed by atoms with Gasteiger partial charge in [0.05, 0.1) is 19.3 Å². The van der Waals surface area contributed by atoms with Gasteiger partial charge in [0, 0.05) is 11.4 Å². The number of methoxy groups -OCH3 is 1. The Kier molecular flexibility index (Phi) is 5.02. The summed E-state index contributed by atoms with van der Waals surface area (Å²) in [5.41, 5.74) is 1.39. The lowest BCUT2D eigenvalue weighted by molar-refractivity contribution is 0.0600. The van der Waals surface area contributed by atoms with Gasteiger partial charge in [0.15, 0.2) is 0 Å². The van der Waals surface area contributed by atoms with E-state index in [2.05, 4.69) is 4.74 Å². The topological polar surface area (TPSA) is 35.5 Å². The lowest BCUT2D eigenvalue weighted by Gasteiger charge is -2.08. The number of ether oxygens (including phenoxy) is 2. The molecule has 4 heteroatoms. The first kappa shape index (κ1) is 14.4. The van der Waals surface area contributed by atoms with Gasteiger partial charge in [-0.25, -0.2) is 4.79 Å². The normalized spacial score (nSPS) is 10.1. The number of esters is 1. The molecule has 0 bridgehead atoms. The maximum Gasteiger partial charge on any atom is 0.337 e. The first-order chi connectivity index (χ1) is 9.70. The number of carbonyl (C=O) groups is 1. The Hall–Kier alpha value is -2.00. The van der Waals surface area contributed by atoms with Crippen LogP contribution in [-0.4, -0.2) is 19.7 Å². The molecule has 0 atom stereocenters. The molecule has 0 aliphatic carbocycles. The van der Waals surface area contributed by atoms with Crippen LogP contribution in [-0.2, 0) is 11.2 Å². The van der Waals surface area contributed by atoms with Crippen molar-refractivity contribution in [2.75, 3.05) is 13.7 Å². The summed E-state index contributed by atoms with van der Waals surface area (Å²) in [5.74, 6) is 0.439. The number of benzene rings is 2. The molecular weight excluding hydrogens is 276 g/mol. The molecule has 0 radical (unpaired) electrons. The predicted octanol–water partition coefficient (Wildman–Crippen LogP) is 3.75. The van der Waals surface area contributed by atoms with Crippen LogP contribution in [0.3, 0.4) is 0 Å². The average Bonchev–Trinajstić information content (AvgIpc) is 2.49. The summed E-state index contributed by atoms with van der Waals surface area (Å²) in [4.78, 5) is 11.4. The zero-order valence-corrected chi connectivity index (χ0v) is 11.9. The van der Waals surface area contributed by atoms with E-state index in [0.717, 1.165) is 11.3 Å². The van der Waals surface area contributed by atoms with E-state index in [9.17, 15) is 4.79 Å². The SMILES string of the molecule is COC(=O)c1ccc(CCOc2ccccc2)c(Cl)c1. The van der Waals surface area contributed by atoms with Crippen molar-refractivity contribution in [1.29, 1.82) is 0 Å². The van der Waals surface area contributed by atoms with Crippen LogP contribution in [0.1, 0.15) is 15.9 Å². The molecular formula is C16H15ClO3. The summed E-state index contributed by atoms with van der Waals surface area (Å²) < 4.78 is 10.3. The number of hydrogen-bond donors (Lipinski definition) is 0. The number of hydrogen-bond acceptors (Lipinski definition) is 3. The maximum absolute atomic E-state index is 11.4. The van der Waals surface area contributed by atoms with E-state index in [1.54, 1.807) is 12.1 Å². The lowest BCUT2D eigenvalue weighted by atomic mass is 10.1. The summed E-state index contributed by atoms with van der Waals surface area (Å²) in [5, 5.41) is 0.546. The van der Waals surface area contributed by atoms with Crippen LogP contribution in [0.4, 0.5) is 0 Å². The van der Waals surface area contributed by atoms with Crippen molar-refractivity contribution in [1.82, 2.24) is 0 Å². The molecule has 0 aliphatic rings. The fraction of sp³-hybridized carbons (Fsp3) is 0.188. The average molecular weight is 291 g/mol.